The number of carbonyl (C=O) groups excluding carboxylic acids is 1. The first-order chi connectivity index (χ1) is 12.0. The van der Waals surface area contributed by atoms with Crippen LogP contribution in [0.4, 0.5) is 17.2 Å². The Hall–Kier alpha value is -2.71. The number of benzene rings is 1. The van der Waals surface area contributed by atoms with Gasteiger partial charge in [0.15, 0.2) is 0 Å². The Bertz CT molecular complexity index is 791. The molecule has 1 saturated heterocycles. The molecule has 2 N–H and O–H groups in total. The molecule has 9 heteroatoms. The van der Waals surface area contributed by atoms with Crippen molar-refractivity contribution in [1.29, 1.82) is 0 Å². The lowest BCUT2D eigenvalue weighted by molar-refractivity contribution is -0.384. The van der Waals surface area contributed by atoms with Gasteiger partial charge in [0.1, 0.15) is 5.82 Å². The molecule has 1 aliphatic heterocycles. The van der Waals surface area contributed by atoms with E-state index in [-0.39, 0.29) is 24.0 Å². The van der Waals surface area contributed by atoms with Gasteiger partial charge in [0.05, 0.1) is 16.8 Å². The zero-order valence-corrected chi connectivity index (χ0v) is 15.1. The van der Waals surface area contributed by atoms with Crippen molar-refractivity contribution < 1.29 is 9.72 Å². The molecule has 0 atom stereocenters. The molecule has 1 aliphatic rings. The van der Waals surface area contributed by atoms with Crippen molar-refractivity contribution in [2.24, 2.45) is 0 Å². The van der Waals surface area contributed by atoms with Crippen LogP contribution in [0.25, 0.3) is 0 Å². The summed E-state index contributed by atoms with van der Waals surface area (Å²) in [5, 5.41) is 16.8. The molecule has 1 fully saturated rings. The predicted octanol–water partition coefficient (Wildman–Crippen LogP) is 2.38. The van der Waals surface area contributed by atoms with Crippen LogP contribution < -0.4 is 15.5 Å². The molecule has 3 rings (SSSR count). The van der Waals surface area contributed by atoms with E-state index in [9.17, 15) is 14.9 Å². The second-order valence-corrected chi connectivity index (χ2v) is 5.85. The number of amides is 1. The Balaban J connectivity index is 0.00000243. The van der Waals surface area contributed by atoms with Gasteiger partial charge in [0.2, 0.25) is 0 Å². The van der Waals surface area contributed by atoms with E-state index in [1.54, 1.807) is 19.2 Å². The van der Waals surface area contributed by atoms with Crippen molar-refractivity contribution in [3.8, 4) is 0 Å². The Morgan fingerprint density at radius 2 is 2.00 bits per heavy atom. The summed E-state index contributed by atoms with van der Waals surface area (Å²) < 4.78 is 0. The maximum atomic E-state index is 12.4. The predicted molar refractivity (Wildman–Crippen MR) is 102 cm³/mol. The van der Waals surface area contributed by atoms with E-state index in [0.717, 1.165) is 31.9 Å². The second kappa shape index (κ2) is 8.59. The van der Waals surface area contributed by atoms with Gasteiger partial charge in [-0.2, -0.15) is 0 Å². The summed E-state index contributed by atoms with van der Waals surface area (Å²) in [6.45, 7) is 5.41. The molecule has 1 aromatic carbocycles. The van der Waals surface area contributed by atoms with Crippen molar-refractivity contribution in [2.45, 2.75) is 6.92 Å². The average molecular weight is 378 g/mol. The maximum Gasteiger partial charge on any atom is 0.269 e. The van der Waals surface area contributed by atoms with Crippen LogP contribution in [-0.2, 0) is 0 Å². The molecule has 0 radical (unpaired) electrons. The van der Waals surface area contributed by atoms with Crippen LogP contribution in [0.5, 0.6) is 0 Å². The fourth-order valence-electron chi connectivity index (χ4n) is 2.77. The molecule has 1 amide bonds. The van der Waals surface area contributed by atoms with Crippen molar-refractivity contribution in [3.05, 3.63) is 57.8 Å². The number of aromatic nitrogens is 1. The van der Waals surface area contributed by atoms with Gasteiger partial charge in [-0.1, -0.05) is 0 Å². The molecule has 0 saturated carbocycles. The van der Waals surface area contributed by atoms with Crippen LogP contribution >= 0.6 is 12.4 Å². The number of rotatable bonds is 4. The van der Waals surface area contributed by atoms with Gasteiger partial charge in [-0.05, 0) is 30.7 Å². The molecule has 0 aliphatic carbocycles. The summed E-state index contributed by atoms with van der Waals surface area (Å²) >= 11 is 0. The fourth-order valence-corrected chi connectivity index (χ4v) is 2.77. The zero-order chi connectivity index (χ0) is 17.8. The highest BCUT2D eigenvalue weighted by atomic mass is 35.5. The molecule has 26 heavy (non-hydrogen) atoms. The van der Waals surface area contributed by atoms with Crippen molar-refractivity contribution >= 4 is 35.5 Å². The Morgan fingerprint density at radius 3 is 2.58 bits per heavy atom. The largest absolute Gasteiger partial charge is 0.368 e. The molecular weight excluding hydrogens is 358 g/mol. The monoisotopic (exact) mass is 377 g/mol. The zero-order valence-electron chi connectivity index (χ0n) is 14.3. The Labute approximate surface area is 157 Å². The van der Waals surface area contributed by atoms with Crippen LogP contribution in [0.3, 0.4) is 0 Å². The molecular formula is C17H20ClN5O3. The van der Waals surface area contributed by atoms with Gasteiger partial charge in [0.25, 0.3) is 11.6 Å². The topological polar surface area (TPSA) is 100 Å². The molecule has 1 aromatic heterocycles. The smallest absolute Gasteiger partial charge is 0.269 e. The van der Waals surface area contributed by atoms with Crippen LogP contribution in [0.2, 0.25) is 0 Å². The van der Waals surface area contributed by atoms with Crippen LogP contribution in [-0.4, -0.2) is 42.0 Å². The number of carbonyl (C=O) groups is 1. The number of aryl methyl sites for hydroxylation is 1. The summed E-state index contributed by atoms with van der Waals surface area (Å²) in [5.41, 5.74) is 1.92. The molecule has 2 aromatic rings. The van der Waals surface area contributed by atoms with Gasteiger partial charge in [-0.25, -0.2) is 4.98 Å². The molecule has 2 heterocycles. The first-order valence-electron chi connectivity index (χ1n) is 8.03. The maximum absolute atomic E-state index is 12.4. The van der Waals surface area contributed by atoms with E-state index in [4.69, 9.17) is 0 Å². The number of pyridine rings is 1. The van der Waals surface area contributed by atoms with Gasteiger partial charge >= 0.3 is 0 Å². The number of halogens is 1. The van der Waals surface area contributed by atoms with Gasteiger partial charge in [-0.3, -0.25) is 14.9 Å². The van der Waals surface area contributed by atoms with Crippen molar-refractivity contribution in [1.82, 2.24) is 10.3 Å². The molecule has 0 unspecified atom stereocenters. The first-order valence-corrected chi connectivity index (χ1v) is 8.03. The highest BCUT2D eigenvalue weighted by molar-refractivity contribution is 6.05. The van der Waals surface area contributed by atoms with E-state index >= 15 is 0 Å². The van der Waals surface area contributed by atoms with Crippen molar-refractivity contribution in [2.75, 3.05) is 36.4 Å². The van der Waals surface area contributed by atoms with Crippen molar-refractivity contribution in [3.63, 3.8) is 0 Å². The summed E-state index contributed by atoms with van der Waals surface area (Å²) in [6, 6.07) is 7.85. The van der Waals surface area contributed by atoms with Crippen LogP contribution in [0, 0.1) is 17.0 Å². The number of hydrogen-bond donors (Lipinski definition) is 2. The van der Waals surface area contributed by atoms with Gasteiger partial charge in [-0.15, -0.1) is 12.4 Å². The summed E-state index contributed by atoms with van der Waals surface area (Å²) in [5.74, 6) is 0.108. The van der Waals surface area contributed by atoms with E-state index in [1.807, 2.05) is 6.07 Å². The fraction of sp³-hybridized carbons (Fsp3) is 0.294. The van der Waals surface area contributed by atoms with E-state index in [0.29, 0.717) is 16.9 Å². The van der Waals surface area contributed by atoms with Gasteiger partial charge < -0.3 is 15.5 Å². The molecule has 0 bridgehead atoms. The van der Waals surface area contributed by atoms with E-state index < -0.39 is 4.92 Å². The summed E-state index contributed by atoms with van der Waals surface area (Å²) in [7, 11) is 0. The summed E-state index contributed by atoms with van der Waals surface area (Å²) in [4.78, 5) is 29.2. The second-order valence-electron chi connectivity index (χ2n) is 5.85. The normalized spacial score (nSPS) is 13.7. The standard InChI is InChI=1S/C17H19N5O3.ClH/c1-12-10-13(22(24)25)2-4-15(12)17(23)20-16-5-3-14(11-19-16)21-8-6-18-7-9-21;/h2-5,10-11,18H,6-9H2,1H3,(H,19,20,23);1H. The highest BCUT2D eigenvalue weighted by Gasteiger charge is 2.15. The quantitative estimate of drug-likeness (QED) is 0.626. The highest BCUT2D eigenvalue weighted by Crippen LogP contribution is 2.19. The Kier molecular flexibility index (Phi) is 6.48. The molecule has 138 valence electrons. The molecule has 8 nitrogen and oxygen atoms in total. The third-order valence-electron chi connectivity index (χ3n) is 4.14. The lowest BCUT2D eigenvalue weighted by atomic mass is 10.1. The average Bonchev–Trinajstić information content (AvgIpc) is 2.62. The minimum Gasteiger partial charge on any atom is -0.368 e. The van der Waals surface area contributed by atoms with E-state index in [1.165, 1.54) is 18.2 Å². The van der Waals surface area contributed by atoms with E-state index in [2.05, 4.69) is 20.5 Å². The van der Waals surface area contributed by atoms with Crippen LogP contribution in [0.15, 0.2) is 36.5 Å². The number of nitro benzene ring substituents is 1. The number of hydrogen-bond acceptors (Lipinski definition) is 6. The summed E-state index contributed by atoms with van der Waals surface area (Å²) in [6.07, 6.45) is 1.74. The lowest BCUT2D eigenvalue weighted by Crippen LogP contribution is -2.43. The number of anilines is 2. The first kappa shape index (κ1) is 19.6. The SMILES string of the molecule is Cc1cc([N+](=O)[O-])ccc1C(=O)Nc1ccc(N2CCNCC2)cn1.Cl. The van der Waals surface area contributed by atoms with Crippen LogP contribution in [0.1, 0.15) is 15.9 Å². The third kappa shape index (κ3) is 4.47. The Morgan fingerprint density at radius 1 is 1.27 bits per heavy atom. The number of nitro groups is 1. The minimum atomic E-state index is -0.481. The lowest BCUT2D eigenvalue weighted by Gasteiger charge is -2.29. The number of nitrogens with zero attached hydrogens (tertiary/aromatic N) is 3. The van der Waals surface area contributed by atoms with Gasteiger partial charge in [0, 0.05) is 43.9 Å². The minimum absolute atomic E-state index is 0. The number of non-ortho nitro benzene ring substituents is 1. The third-order valence-corrected chi connectivity index (χ3v) is 4.14. The number of piperazine rings is 1. The number of nitrogens with one attached hydrogen (secondary N) is 2. The molecule has 0 spiro atoms.